The number of amides is 1. The van der Waals surface area contributed by atoms with E-state index in [0.29, 0.717) is 0 Å². The van der Waals surface area contributed by atoms with E-state index in [1.165, 1.54) is 6.08 Å². The average molecular weight is 446 g/mol. The number of hydrogen-bond acceptors (Lipinski definition) is 6. The number of nitrogens with one attached hydrogen (secondary N) is 1. The zero-order chi connectivity index (χ0) is 23.4. The monoisotopic (exact) mass is 445 g/mol. The highest BCUT2D eigenvalue weighted by Gasteiger charge is 2.17. The van der Waals surface area contributed by atoms with Crippen LogP contribution < -0.4 is 15.0 Å². The molecule has 2 heterocycles. The van der Waals surface area contributed by atoms with Crippen molar-refractivity contribution in [1.82, 2.24) is 14.9 Å². The fourth-order valence-electron chi connectivity index (χ4n) is 3.78. The summed E-state index contributed by atoms with van der Waals surface area (Å²) in [5, 5.41) is 3.87. The zero-order valence-electron chi connectivity index (χ0n) is 19.7. The molecule has 0 bridgehead atoms. The smallest absolute Gasteiger partial charge is 0.248 e. The van der Waals surface area contributed by atoms with E-state index in [1.807, 2.05) is 63.2 Å². The summed E-state index contributed by atoms with van der Waals surface area (Å²) in [6, 6.07) is 13.4. The standard InChI is InChI=1S/C26H31N5O2/c1-18(2)33-22-9-5-20(6-10-22)7-12-25(32)28-21-8-11-24-23(17-21)19(3)27-26(29-24)31-15-13-30(4)14-16-31/h5-12,17-18H,13-16H2,1-4H3,(H,28,32)/b12-7+. The van der Waals surface area contributed by atoms with Crippen LogP contribution in [0, 0.1) is 6.92 Å². The van der Waals surface area contributed by atoms with Gasteiger partial charge in [-0.2, -0.15) is 0 Å². The third kappa shape index (κ3) is 5.87. The van der Waals surface area contributed by atoms with Crippen molar-refractivity contribution in [2.45, 2.75) is 26.9 Å². The molecule has 0 spiro atoms. The third-order valence-electron chi connectivity index (χ3n) is 5.61. The zero-order valence-corrected chi connectivity index (χ0v) is 19.7. The second kappa shape index (κ2) is 10.0. The van der Waals surface area contributed by atoms with Crippen molar-refractivity contribution in [2.75, 3.05) is 43.4 Å². The quantitative estimate of drug-likeness (QED) is 0.576. The molecule has 0 saturated carbocycles. The van der Waals surface area contributed by atoms with Crippen LogP contribution in [0.15, 0.2) is 48.5 Å². The highest BCUT2D eigenvalue weighted by molar-refractivity contribution is 6.03. The molecule has 0 atom stereocenters. The van der Waals surface area contributed by atoms with Gasteiger partial charge in [-0.1, -0.05) is 12.1 Å². The second-order valence-corrected chi connectivity index (χ2v) is 8.69. The maximum Gasteiger partial charge on any atom is 0.248 e. The van der Waals surface area contributed by atoms with Crippen molar-refractivity contribution in [3.63, 3.8) is 0 Å². The summed E-state index contributed by atoms with van der Waals surface area (Å²) in [6.07, 6.45) is 3.45. The van der Waals surface area contributed by atoms with Crippen LogP contribution >= 0.6 is 0 Å². The molecule has 1 amide bonds. The van der Waals surface area contributed by atoms with Crippen LogP contribution in [0.4, 0.5) is 11.6 Å². The number of aryl methyl sites for hydroxylation is 1. The first-order valence-electron chi connectivity index (χ1n) is 11.3. The van der Waals surface area contributed by atoms with Gasteiger partial charge in [0.05, 0.1) is 17.3 Å². The van der Waals surface area contributed by atoms with Gasteiger partial charge in [-0.25, -0.2) is 9.97 Å². The summed E-state index contributed by atoms with van der Waals surface area (Å²) in [7, 11) is 2.13. The number of piperazine rings is 1. The van der Waals surface area contributed by atoms with Crippen molar-refractivity contribution in [3.05, 3.63) is 59.8 Å². The predicted molar refractivity (Wildman–Crippen MR) is 134 cm³/mol. The molecule has 1 aliphatic rings. The average Bonchev–Trinajstić information content (AvgIpc) is 2.79. The van der Waals surface area contributed by atoms with E-state index in [9.17, 15) is 4.79 Å². The number of hydrogen-bond donors (Lipinski definition) is 1. The largest absolute Gasteiger partial charge is 0.491 e. The molecule has 1 fully saturated rings. The molecule has 0 aliphatic carbocycles. The van der Waals surface area contributed by atoms with Gasteiger partial charge < -0.3 is 19.9 Å². The Labute approximate surface area is 195 Å². The van der Waals surface area contributed by atoms with Crippen molar-refractivity contribution < 1.29 is 9.53 Å². The minimum atomic E-state index is -0.190. The summed E-state index contributed by atoms with van der Waals surface area (Å²) < 4.78 is 5.65. The fraction of sp³-hybridized carbons (Fsp3) is 0.346. The number of likely N-dealkylation sites (N-methyl/N-ethyl adjacent to an activating group) is 1. The van der Waals surface area contributed by atoms with Gasteiger partial charge in [-0.05, 0) is 69.8 Å². The Morgan fingerprint density at radius 3 is 2.48 bits per heavy atom. The molecule has 3 aromatic rings. The molecule has 0 unspecified atom stereocenters. The number of rotatable bonds is 6. The Kier molecular flexibility index (Phi) is 6.89. The Morgan fingerprint density at radius 1 is 1.06 bits per heavy atom. The summed E-state index contributed by atoms with van der Waals surface area (Å²) in [4.78, 5) is 26.5. The highest BCUT2D eigenvalue weighted by Crippen LogP contribution is 2.23. The molecule has 2 aromatic carbocycles. The van der Waals surface area contributed by atoms with E-state index in [4.69, 9.17) is 14.7 Å². The number of nitrogens with zero attached hydrogens (tertiary/aromatic N) is 4. The Bertz CT molecular complexity index is 1150. The number of anilines is 2. The van der Waals surface area contributed by atoms with Crippen molar-refractivity contribution in [3.8, 4) is 5.75 Å². The first-order valence-corrected chi connectivity index (χ1v) is 11.3. The van der Waals surface area contributed by atoms with Crippen LogP contribution in [0.1, 0.15) is 25.1 Å². The lowest BCUT2D eigenvalue weighted by Crippen LogP contribution is -2.45. The van der Waals surface area contributed by atoms with Gasteiger partial charge in [-0.3, -0.25) is 4.79 Å². The van der Waals surface area contributed by atoms with Crippen LogP contribution in [0.25, 0.3) is 17.0 Å². The van der Waals surface area contributed by atoms with E-state index in [0.717, 1.165) is 65.7 Å². The first kappa shape index (κ1) is 22.7. The lowest BCUT2D eigenvalue weighted by atomic mass is 10.1. The van der Waals surface area contributed by atoms with Gasteiger partial charge in [0.2, 0.25) is 11.9 Å². The van der Waals surface area contributed by atoms with E-state index >= 15 is 0 Å². The van der Waals surface area contributed by atoms with Gasteiger partial charge in [-0.15, -0.1) is 0 Å². The summed E-state index contributed by atoms with van der Waals surface area (Å²) in [5.74, 6) is 1.40. The van der Waals surface area contributed by atoms with E-state index in [1.54, 1.807) is 6.08 Å². The number of benzene rings is 2. The predicted octanol–water partition coefficient (Wildman–Crippen LogP) is 4.13. The van der Waals surface area contributed by atoms with Crippen LogP contribution in [0.5, 0.6) is 5.75 Å². The van der Waals surface area contributed by atoms with E-state index < -0.39 is 0 Å². The molecule has 7 heteroatoms. The fourth-order valence-corrected chi connectivity index (χ4v) is 3.78. The molecular formula is C26H31N5O2. The molecule has 1 saturated heterocycles. The van der Waals surface area contributed by atoms with Gasteiger partial charge in [0.15, 0.2) is 0 Å². The molecule has 7 nitrogen and oxygen atoms in total. The van der Waals surface area contributed by atoms with E-state index in [2.05, 4.69) is 22.2 Å². The Balaban J connectivity index is 1.43. The number of carbonyl (C=O) groups excluding carboxylic acids is 1. The van der Waals surface area contributed by atoms with Crippen LogP contribution in [0.3, 0.4) is 0 Å². The highest BCUT2D eigenvalue weighted by atomic mass is 16.5. The van der Waals surface area contributed by atoms with Crippen LogP contribution in [0.2, 0.25) is 0 Å². The van der Waals surface area contributed by atoms with Crippen molar-refractivity contribution in [2.24, 2.45) is 0 Å². The minimum absolute atomic E-state index is 0.131. The lowest BCUT2D eigenvalue weighted by molar-refractivity contribution is -0.111. The third-order valence-corrected chi connectivity index (χ3v) is 5.61. The molecule has 1 aromatic heterocycles. The molecule has 172 valence electrons. The molecular weight excluding hydrogens is 414 g/mol. The van der Waals surface area contributed by atoms with Crippen molar-refractivity contribution >= 4 is 34.5 Å². The summed E-state index contributed by atoms with van der Waals surface area (Å²) in [6.45, 7) is 9.84. The van der Waals surface area contributed by atoms with Crippen LogP contribution in [-0.4, -0.2) is 60.1 Å². The molecule has 0 radical (unpaired) electrons. The number of carbonyl (C=O) groups is 1. The van der Waals surface area contributed by atoms with Crippen molar-refractivity contribution in [1.29, 1.82) is 0 Å². The van der Waals surface area contributed by atoms with Crippen LogP contribution in [-0.2, 0) is 4.79 Å². The van der Waals surface area contributed by atoms with Gasteiger partial charge in [0.25, 0.3) is 0 Å². The molecule has 33 heavy (non-hydrogen) atoms. The summed E-state index contributed by atoms with van der Waals surface area (Å²) in [5.41, 5.74) is 3.44. The first-order chi connectivity index (χ1) is 15.9. The maximum absolute atomic E-state index is 12.4. The second-order valence-electron chi connectivity index (χ2n) is 8.69. The Morgan fingerprint density at radius 2 is 1.79 bits per heavy atom. The van der Waals surface area contributed by atoms with Gasteiger partial charge in [0.1, 0.15) is 5.75 Å². The number of aromatic nitrogens is 2. The van der Waals surface area contributed by atoms with E-state index in [-0.39, 0.29) is 12.0 Å². The van der Waals surface area contributed by atoms with Gasteiger partial charge in [0, 0.05) is 43.3 Å². The molecule has 1 aliphatic heterocycles. The maximum atomic E-state index is 12.4. The molecule has 4 rings (SSSR count). The SMILES string of the molecule is Cc1nc(N2CCN(C)CC2)nc2ccc(NC(=O)/C=C/c3ccc(OC(C)C)cc3)cc12. The number of ether oxygens (including phenoxy) is 1. The number of fused-ring (bicyclic) bond motifs is 1. The lowest BCUT2D eigenvalue weighted by Gasteiger charge is -2.32. The normalized spacial score (nSPS) is 14.9. The van der Waals surface area contributed by atoms with Gasteiger partial charge >= 0.3 is 0 Å². The Hall–Kier alpha value is -3.45. The summed E-state index contributed by atoms with van der Waals surface area (Å²) >= 11 is 0. The molecule has 1 N–H and O–H groups in total. The minimum Gasteiger partial charge on any atom is -0.491 e. The topological polar surface area (TPSA) is 70.6 Å².